The molecule has 0 aliphatic carbocycles. The van der Waals surface area contributed by atoms with E-state index in [2.05, 4.69) is 23.6 Å². The summed E-state index contributed by atoms with van der Waals surface area (Å²) in [6.07, 6.45) is 10.5. The van der Waals surface area contributed by atoms with Crippen LogP contribution in [0.3, 0.4) is 0 Å². The molecule has 2 aliphatic rings. The molecule has 0 aromatic heterocycles. The fourth-order valence-electron chi connectivity index (χ4n) is 3.47. The van der Waals surface area contributed by atoms with Crippen LogP contribution in [0.15, 0.2) is 4.99 Å². The van der Waals surface area contributed by atoms with E-state index in [0.717, 1.165) is 6.54 Å². The van der Waals surface area contributed by atoms with Gasteiger partial charge in [0.25, 0.3) is 0 Å². The molecule has 0 saturated carbocycles. The Labute approximate surface area is 125 Å². The van der Waals surface area contributed by atoms with Crippen LogP contribution in [-0.2, 0) is 0 Å². The average molecular weight is 279 g/mol. The molecule has 0 amide bonds. The van der Waals surface area contributed by atoms with Crippen molar-refractivity contribution in [3.63, 3.8) is 0 Å². The molecule has 1 atom stereocenters. The molecule has 1 fully saturated rings. The molecular weight excluding hydrogens is 246 g/mol. The highest BCUT2D eigenvalue weighted by atomic mass is 15.3. The zero-order valence-electron chi connectivity index (χ0n) is 13.6. The maximum absolute atomic E-state index is 4.93. The molecule has 2 heterocycles. The van der Waals surface area contributed by atoms with Gasteiger partial charge in [0.1, 0.15) is 5.84 Å². The van der Waals surface area contributed by atoms with Gasteiger partial charge < -0.3 is 4.90 Å². The van der Waals surface area contributed by atoms with Gasteiger partial charge in [0.05, 0.1) is 6.04 Å². The fourth-order valence-corrected chi connectivity index (χ4v) is 3.47. The largest absolute Gasteiger partial charge is 0.359 e. The third-order valence-electron chi connectivity index (χ3n) is 4.68. The summed E-state index contributed by atoms with van der Waals surface area (Å²) < 4.78 is 0. The van der Waals surface area contributed by atoms with Crippen molar-refractivity contribution in [2.45, 2.75) is 71.3 Å². The van der Waals surface area contributed by atoms with Crippen molar-refractivity contribution in [1.82, 2.24) is 9.80 Å². The van der Waals surface area contributed by atoms with Crippen molar-refractivity contribution in [1.29, 1.82) is 0 Å². The molecule has 20 heavy (non-hydrogen) atoms. The molecule has 1 unspecified atom stereocenters. The van der Waals surface area contributed by atoms with Gasteiger partial charge in [-0.3, -0.25) is 9.89 Å². The summed E-state index contributed by atoms with van der Waals surface area (Å²) >= 11 is 0. The van der Waals surface area contributed by atoms with Crippen LogP contribution in [0.4, 0.5) is 0 Å². The van der Waals surface area contributed by atoms with Gasteiger partial charge in [-0.15, -0.1) is 0 Å². The zero-order chi connectivity index (χ0) is 14.2. The van der Waals surface area contributed by atoms with E-state index in [1.165, 1.54) is 83.4 Å². The molecule has 3 heteroatoms. The van der Waals surface area contributed by atoms with E-state index in [1.807, 2.05) is 0 Å². The lowest BCUT2D eigenvalue weighted by atomic mass is 10.1. The van der Waals surface area contributed by atoms with Gasteiger partial charge in [-0.05, 0) is 51.6 Å². The van der Waals surface area contributed by atoms with Crippen LogP contribution >= 0.6 is 0 Å². The van der Waals surface area contributed by atoms with Crippen LogP contribution < -0.4 is 0 Å². The number of fused-ring (bicyclic) bond motifs is 1. The van der Waals surface area contributed by atoms with E-state index >= 15 is 0 Å². The predicted molar refractivity (Wildman–Crippen MR) is 87.5 cm³/mol. The maximum atomic E-state index is 4.93. The van der Waals surface area contributed by atoms with Gasteiger partial charge >= 0.3 is 0 Å². The van der Waals surface area contributed by atoms with Crippen molar-refractivity contribution < 1.29 is 0 Å². The van der Waals surface area contributed by atoms with Crippen molar-refractivity contribution >= 4 is 5.84 Å². The standard InChI is InChI=1S/C17H33N3/c1-3-5-12-19(13-6-4-2)16-10-7-8-14-20-15-9-11-18-17(16)20/h16H,3-15H2,1-2H3. The number of unbranched alkanes of at least 4 members (excludes halogenated alkanes) is 2. The summed E-state index contributed by atoms with van der Waals surface area (Å²) in [5.41, 5.74) is 0. The highest BCUT2D eigenvalue weighted by Gasteiger charge is 2.30. The van der Waals surface area contributed by atoms with Gasteiger partial charge in [0.15, 0.2) is 0 Å². The molecule has 0 aromatic carbocycles. The monoisotopic (exact) mass is 279 g/mol. The third kappa shape index (κ3) is 4.21. The summed E-state index contributed by atoms with van der Waals surface area (Å²) in [7, 11) is 0. The smallest absolute Gasteiger partial charge is 0.116 e. The van der Waals surface area contributed by atoms with Gasteiger partial charge in [-0.2, -0.15) is 0 Å². The summed E-state index contributed by atoms with van der Waals surface area (Å²) in [5, 5.41) is 0. The van der Waals surface area contributed by atoms with Gasteiger partial charge in [0, 0.05) is 19.6 Å². The Hall–Kier alpha value is -0.570. The fraction of sp³-hybridized carbons (Fsp3) is 0.941. The first-order valence-electron chi connectivity index (χ1n) is 8.90. The minimum Gasteiger partial charge on any atom is -0.359 e. The van der Waals surface area contributed by atoms with Crippen molar-refractivity contribution in [2.24, 2.45) is 4.99 Å². The molecule has 3 nitrogen and oxygen atoms in total. The molecule has 0 aromatic rings. The normalized spacial score (nSPS) is 23.4. The number of nitrogens with zero attached hydrogens (tertiary/aromatic N) is 3. The Morgan fingerprint density at radius 1 is 1.05 bits per heavy atom. The minimum absolute atomic E-state index is 0.607. The van der Waals surface area contributed by atoms with E-state index < -0.39 is 0 Å². The third-order valence-corrected chi connectivity index (χ3v) is 4.68. The minimum atomic E-state index is 0.607. The number of amidine groups is 1. The van der Waals surface area contributed by atoms with Gasteiger partial charge in [-0.25, -0.2) is 0 Å². The predicted octanol–water partition coefficient (Wildman–Crippen LogP) is 3.55. The van der Waals surface area contributed by atoms with E-state index in [0.29, 0.717) is 6.04 Å². The second-order valence-corrected chi connectivity index (χ2v) is 6.34. The Morgan fingerprint density at radius 3 is 2.45 bits per heavy atom. The first kappa shape index (κ1) is 15.8. The maximum Gasteiger partial charge on any atom is 0.116 e. The molecular formula is C17H33N3. The number of aliphatic imine (C=N–C) groups is 1. The van der Waals surface area contributed by atoms with Crippen LogP contribution in [0.1, 0.15) is 65.2 Å². The van der Waals surface area contributed by atoms with Crippen molar-refractivity contribution in [2.75, 3.05) is 32.7 Å². The van der Waals surface area contributed by atoms with Crippen LogP contribution in [-0.4, -0.2) is 54.4 Å². The number of rotatable bonds is 7. The summed E-state index contributed by atoms with van der Waals surface area (Å²) in [4.78, 5) is 10.3. The molecule has 0 spiro atoms. The number of hydrogen-bond donors (Lipinski definition) is 0. The Kier molecular flexibility index (Phi) is 6.85. The summed E-state index contributed by atoms with van der Waals surface area (Å²) in [6.45, 7) is 10.7. The van der Waals surface area contributed by atoms with E-state index in [-0.39, 0.29) is 0 Å². The SMILES string of the molecule is CCCCN(CCCC)C1CCCCN2CCCN=C12. The highest BCUT2D eigenvalue weighted by Crippen LogP contribution is 2.22. The summed E-state index contributed by atoms with van der Waals surface area (Å²) in [5.74, 6) is 1.43. The molecule has 0 bridgehead atoms. The second-order valence-electron chi connectivity index (χ2n) is 6.34. The lowest BCUT2D eigenvalue weighted by Crippen LogP contribution is -2.50. The molecule has 116 valence electrons. The van der Waals surface area contributed by atoms with Crippen LogP contribution in [0, 0.1) is 0 Å². The Bertz CT molecular complexity index is 293. The number of hydrogen-bond acceptors (Lipinski definition) is 3. The molecule has 1 saturated heterocycles. The van der Waals surface area contributed by atoms with Crippen LogP contribution in [0.2, 0.25) is 0 Å². The molecule has 0 radical (unpaired) electrons. The van der Waals surface area contributed by atoms with E-state index in [4.69, 9.17) is 4.99 Å². The lowest BCUT2D eigenvalue weighted by Gasteiger charge is -2.37. The van der Waals surface area contributed by atoms with Gasteiger partial charge in [-0.1, -0.05) is 26.7 Å². The topological polar surface area (TPSA) is 18.8 Å². The summed E-state index contributed by atoms with van der Waals surface area (Å²) in [6, 6.07) is 0.607. The highest BCUT2D eigenvalue weighted by molar-refractivity contribution is 5.88. The van der Waals surface area contributed by atoms with Gasteiger partial charge in [0.2, 0.25) is 0 Å². The zero-order valence-corrected chi connectivity index (χ0v) is 13.6. The molecule has 0 N–H and O–H groups in total. The first-order valence-corrected chi connectivity index (χ1v) is 8.90. The molecule has 2 rings (SSSR count). The van der Waals surface area contributed by atoms with Crippen molar-refractivity contribution in [3.8, 4) is 0 Å². The van der Waals surface area contributed by atoms with E-state index in [9.17, 15) is 0 Å². The Balaban J connectivity index is 2.08. The average Bonchev–Trinajstić information content (AvgIpc) is 2.70. The molecule has 2 aliphatic heterocycles. The second kappa shape index (κ2) is 8.66. The van der Waals surface area contributed by atoms with Crippen LogP contribution in [0.25, 0.3) is 0 Å². The lowest BCUT2D eigenvalue weighted by molar-refractivity contribution is 0.215. The quantitative estimate of drug-likeness (QED) is 0.710. The van der Waals surface area contributed by atoms with Crippen LogP contribution in [0.5, 0.6) is 0 Å². The van der Waals surface area contributed by atoms with E-state index in [1.54, 1.807) is 0 Å². The van der Waals surface area contributed by atoms with Crippen molar-refractivity contribution in [3.05, 3.63) is 0 Å². The first-order chi connectivity index (χ1) is 9.86. The Morgan fingerprint density at radius 2 is 1.75 bits per heavy atom.